The summed E-state index contributed by atoms with van der Waals surface area (Å²) in [6.45, 7) is -0.928. The third-order valence-electron chi connectivity index (χ3n) is 1.88. The van der Waals surface area contributed by atoms with Crippen molar-refractivity contribution in [2.75, 3.05) is 13.6 Å². The summed E-state index contributed by atoms with van der Waals surface area (Å²) >= 11 is 0.685. The first-order valence-electron chi connectivity index (χ1n) is 4.31. The van der Waals surface area contributed by atoms with Gasteiger partial charge in [0.2, 0.25) is 0 Å². The Bertz CT molecular complexity index is 511. The van der Waals surface area contributed by atoms with Crippen molar-refractivity contribution in [1.29, 1.82) is 0 Å². The quantitative estimate of drug-likeness (QED) is 0.885. The fraction of sp³-hybridized carbons (Fsp3) is 0.375. The molecular weight excluding hydrogens is 276 g/mol. The summed E-state index contributed by atoms with van der Waals surface area (Å²) < 4.78 is 47.8. The van der Waals surface area contributed by atoms with Crippen LogP contribution in [0.15, 0.2) is 15.7 Å². The molecule has 96 valence electrons. The molecule has 1 N–H and O–H groups in total. The highest BCUT2D eigenvalue weighted by atomic mass is 32.2. The van der Waals surface area contributed by atoms with Crippen molar-refractivity contribution in [3.63, 3.8) is 0 Å². The number of alkyl halides is 2. The predicted octanol–water partition coefficient (Wildman–Crippen LogP) is 1.33. The van der Waals surface area contributed by atoms with Crippen LogP contribution in [0.1, 0.15) is 10.4 Å². The second kappa shape index (κ2) is 5.07. The number of carbonyl (C=O) groups is 1. The Hall–Kier alpha value is -1.06. The minimum Gasteiger partial charge on any atom is -0.478 e. The maximum Gasteiger partial charge on any atom is 0.336 e. The van der Waals surface area contributed by atoms with Gasteiger partial charge in [-0.05, 0) is 6.07 Å². The summed E-state index contributed by atoms with van der Waals surface area (Å²) in [6.07, 6.45) is -2.78. The van der Waals surface area contributed by atoms with E-state index >= 15 is 0 Å². The molecule has 0 unspecified atom stereocenters. The van der Waals surface area contributed by atoms with Crippen molar-refractivity contribution in [1.82, 2.24) is 4.31 Å². The number of rotatable bonds is 5. The highest BCUT2D eigenvalue weighted by molar-refractivity contribution is 7.91. The van der Waals surface area contributed by atoms with Crippen molar-refractivity contribution in [2.24, 2.45) is 0 Å². The van der Waals surface area contributed by atoms with Crippen LogP contribution in [0, 0.1) is 0 Å². The van der Waals surface area contributed by atoms with Gasteiger partial charge in [-0.15, -0.1) is 11.3 Å². The van der Waals surface area contributed by atoms with Gasteiger partial charge in [0.15, 0.2) is 0 Å². The molecule has 0 bridgehead atoms. The topological polar surface area (TPSA) is 74.7 Å². The Morgan fingerprint density at radius 1 is 1.59 bits per heavy atom. The number of nitrogens with zero attached hydrogens (tertiary/aromatic N) is 1. The van der Waals surface area contributed by atoms with E-state index < -0.39 is 29.0 Å². The average molecular weight is 285 g/mol. The summed E-state index contributed by atoms with van der Waals surface area (Å²) in [7, 11) is -3.02. The van der Waals surface area contributed by atoms with Crippen LogP contribution in [0.4, 0.5) is 8.78 Å². The molecule has 5 nitrogen and oxygen atoms in total. The van der Waals surface area contributed by atoms with Crippen LogP contribution >= 0.6 is 11.3 Å². The van der Waals surface area contributed by atoms with Crippen LogP contribution in [-0.4, -0.2) is 43.8 Å². The van der Waals surface area contributed by atoms with Crippen LogP contribution in [0.5, 0.6) is 0 Å². The summed E-state index contributed by atoms with van der Waals surface area (Å²) in [4.78, 5) is 10.6. The lowest BCUT2D eigenvalue weighted by Gasteiger charge is -2.14. The van der Waals surface area contributed by atoms with E-state index in [1.807, 2.05) is 0 Å². The van der Waals surface area contributed by atoms with Crippen LogP contribution in [-0.2, 0) is 10.0 Å². The van der Waals surface area contributed by atoms with Gasteiger partial charge in [0.1, 0.15) is 4.21 Å². The largest absolute Gasteiger partial charge is 0.478 e. The van der Waals surface area contributed by atoms with Gasteiger partial charge in [0.25, 0.3) is 16.4 Å². The number of halogens is 2. The van der Waals surface area contributed by atoms with E-state index in [1.165, 1.54) is 0 Å². The third-order valence-corrected chi connectivity index (χ3v) is 5.12. The number of carboxylic acid groups (broad SMARTS) is 1. The molecule has 0 aliphatic heterocycles. The lowest BCUT2D eigenvalue weighted by atomic mass is 10.4. The first-order valence-corrected chi connectivity index (χ1v) is 6.63. The van der Waals surface area contributed by atoms with Crippen molar-refractivity contribution in [3.05, 3.63) is 17.0 Å². The number of hydrogen-bond donors (Lipinski definition) is 1. The molecule has 0 amide bonds. The minimum atomic E-state index is -4.04. The molecule has 0 aliphatic carbocycles. The Labute approximate surface area is 100 Å². The fourth-order valence-electron chi connectivity index (χ4n) is 1.01. The molecule has 1 heterocycles. The number of sulfonamides is 1. The molecule has 17 heavy (non-hydrogen) atoms. The zero-order valence-corrected chi connectivity index (χ0v) is 10.3. The molecule has 0 fully saturated rings. The van der Waals surface area contributed by atoms with E-state index in [4.69, 9.17) is 5.11 Å². The molecule has 0 atom stereocenters. The summed E-state index contributed by atoms with van der Waals surface area (Å²) in [6, 6.07) is 0.949. The van der Waals surface area contributed by atoms with Crippen molar-refractivity contribution < 1.29 is 27.1 Å². The Morgan fingerprint density at radius 2 is 2.18 bits per heavy atom. The van der Waals surface area contributed by atoms with Crippen LogP contribution in [0.3, 0.4) is 0 Å². The van der Waals surface area contributed by atoms with Crippen molar-refractivity contribution >= 4 is 27.3 Å². The molecule has 9 heteroatoms. The van der Waals surface area contributed by atoms with Gasteiger partial charge in [0, 0.05) is 12.4 Å². The standard InChI is InChI=1S/C8H9F2NO4S2/c1-11(3-6(9)10)17(14,15)7-2-5(4-16-7)8(12)13/h2,4,6H,3H2,1H3,(H,12,13). The zero-order chi connectivity index (χ0) is 13.2. The second-order valence-electron chi connectivity index (χ2n) is 3.14. The molecule has 1 rings (SSSR count). The third kappa shape index (κ3) is 3.20. The molecular formula is C8H9F2NO4S2. The highest BCUT2D eigenvalue weighted by Gasteiger charge is 2.26. The smallest absolute Gasteiger partial charge is 0.336 e. The van der Waals surface area contributed by atoms with Gasteiger partial charge in [-0.2, -0.15) is 4.31 Å². The van der Waals surface area contributed by atoms with Crippen LogP contribution < -0.4 is 0 Å². The van der Waals surface area contributed by atoms with Crippen molar-refractivity contribution in [3.8, 4) is 0 Å². The maximum absolute atomic E-state index is 12.1. The van der Waals surface area contributed by atoms with E-state index in [-0.39, 0.29) is 9.77 Å². The predicted molar refractivity (Wildman–Crippen MR) is 57.1 cm³/mol. The van der Waals surface area contributed by atoms with E-state index in [2.05, 4.69) is 0 Å². The van der Waals surface area contributed by atoms with Crippen LogP contribution in [0.25, 0.3) is 0 Å². The monoisotopic (exact) mass is 285 g/mol. The average Bonchev–Trinajstić information content (AvgIpc) is 2.65. The first-order chi connectivity index (χ1) is 7.75. The second-order valence-corrected chi connectivity index (χ2v) is 6.32. The van der Waals surface area contributed by atoms with Gasteiger partial charge in [-0.3, -0.25) is 0 Å². The van der Waals surface area contributed by atoms with Gasteiger partial charge in [-0.25, -0.2) is 22.0 Å². The van der Waals surface area contributed by atoms with Gasteiger partial charge in [-0.1, -0.05) is 0 Å². The maximum atomic E-state index is 12.1. The van der Waals surface area contributed by atoms with Gasteiger partial charge >= 0.3 is 5.97 Å². The molecule has 1 aromatic rings. The lowest BCUT2D eigenvalue weighted by Crippen LogP contribution is -2.30. The number of hydrogen-bond acceptors (Lipinski definition) is 4. The normalized spacial score (nSPS) is 12.3. The Morgan fingerprint density at radius 3 is 2.59 bits per heavy atom. The number of carboxylic acids is 1. The fourth-order valence-corrected chi connectivity index (χ4v) is 3.52. The molecule has 1 aromatic heterocycles. The van der Waals surface area contributed by atoms with Crippen molar-refractivity contribution in [2.45, 2.75) is 10.6 Å². The number of thiophene rings is 1. The van der Waals surface area contributed by atoms with Gasteiger partial charge in [0.05, 0.1) is 12.1 Å². The lowest BCUT2D eigenvalue weighted by molar-refractivity contribution is 0.0697. The Balaban J connectivity index is 3.00. The molecule has 0 saturated heterocycles. The Kier molecular flexibility index (Phi) is 4.17. The molecule has 0 spiro atoms. The molecule has 0 aliphatic rings. The highest BCUT2D eigenvalue weighted by Crippen LogP contribution is 2.23. The molecule has 0 saturated carbocycles. The van der Waals surface area contributed by atoms with Gasteiger partial charge < -0.3 is 5.11 Å². The SMILES string of the molecule is CN(CC(F)F)S(=O)(=O)c1cc(C(=O)O)cs1. The summed E-state index contributed by atoms with van der Waals surface area (Å²) in [5.74, 6) is -1.26. The van der Waals surface area contributed by atoms with E-state index in [9.17, 15) is 22.0 Å². The molecule has 0 aromatic carbocycles. The zero-order valence-electron chi connectivity index (χ0n) is 8.63. The summed E-state index contributed by atoms with van der Waals surface area (Å²) in [5.41, 5.74) is -0.181. The van der Waals surface area contributed by atoms with E-state index in [0.717, 1.165) is 18.5 Å². The minimum absolute atomic E-state index is 0.181. The van der Waals surface area contributed by atoms with E-state index in [0.29, 0.717) is 15.6 Å². The van der Waals surface area contributed by atoms with Crippen LogP contribution in [0.2, 0.25) is 0 Å². The molecule has 0 radical (unpaired) electrons. The van der Waals surface area contributed by atoms with E-state index in [1.54, 1.807) is 0 Å². The first kappa shape index (κ1) is 14.0. The summed E-state index contributed by atoms with van der Waals surface area (Å²) in [5, 5.41) is 9.77. The number of aromatic carboxylic acids is 1.